The van der Waals surface area contributed by atoms with Crippen LogP contribution in [0.15, 0.2) is 72.8 Å². The molecule has 186 valence electrons. The summed E-state index contributed by atoms with van der Waals surface area (Å²) < 4.78 is 13.4. The highest BCUT2D eigenvalue weighted by Gasteiger charge is 2.48. The van der Waals surface area contributed by atoms with Crippen molar-refractivity contribution in [3.63, 3.8) is 0 Å². The molecule has 0 unspecified atom stereocenters. The SMILES string of the molecule is O=C(Cc1cccc(F)c1)N1CCN(CCCCC2(C(=O)O)c3ccccc3-c3ccccc32)CC1. The molecule has 1 amide bonds. The van der Waals surface area contributed by atoms with Crippen molar-refractivity contribution >= 4 is 11.9 Å². The molecule has 0 aromatic heterocycles. The van der Waals surface area contributed by atoms with E-state index >= 15 is 0 Å². The number of carbonyl (C=O) groups excluding carboxylic acids is 1. The molecule has 3 aromatic rings. The van der Waals surface area contributed by atoms with Crippen LogP contribution >= 0.6 is 0 Å². The Morgan fingerprint density at radius 2 is 1.47 bits per heavy atom. The van der Waals surface area contributed by atoms with Gasteiger partial charge in [-0.2, -0.15) is 0 Å². The lowest BCUT2D eigenvalue weighted by Crippen LogP contribution is -2.49. The molecule has 5 nitrogen and oxygen atoms in total. The lowest BCUT2D eigenvalue weighted by atomic mass is 9.74. The first-order chi connectivity index (χ1) is 17.5. The number of carboxylic acids is 1. The number of carbonyl (C=O) groups is 2. The van der Waals surface area contributed by atoms with Crippen LogP contribution in [0.5, 0.6) is 0 Å². The average molecular weight is 487 g/mol. The fraction of sp³-hybridized carbons (Fsp3) is 0.333. The van der Waals surface area contributed by atoms with E-state index in [0.717, 1.165) is 54.7 Å². The standard InChI is InChI=1S/C30H31FN2O3/c31-23-9-7-8-22(20-23)21-28(34)33-18-16-32(17-19-33)15-6-5-14-30(29(35)36)26-12-3-1-10-24(26)25-11-2-4-13-27(25)30/h1-4,7-13,20H,5-6,14-19,21H2,(H,35,36). The molecule has 0 saturated carbocycles. The molecule has 36 heavy (non-hydrogen) atoms. The monoisotopic (exact) mass is 486 g/mol. The zero-order valence-corrected chi connectivity index (χ0v) is 20.3. The van der Waals surface area contributed by atoms with Gasteiger partial charge in [0, 0.05) is 26.2 Å². The number of hydrogen-bond acceptors (Lipinski definition) is 3. The number of rotatable bonds is 8. The number of piperazine rings is 1. The summed E-state index contributed by atoms with van der Waals surface area (Å²) >= 11 is 0. The largest absolute Gasteiger partial charge is 0.480 e. The van der Waals surface area contributed by atoms with Crippen molar-refractivity contribution < 1.29 is 19.1 Å². The molecular formula is C30H31FN2O3. The molecule has 1 aliphatic heterocycles. The van der Waals surface area contributed by atoms with Crippen molar-refractivity contribution in [1.29, 1.82) is 0 Å². The van der Waals surface area contributed by atoms with Crippen LogP contribution in [-0.4, -0.2) is 59.5 Å². The maximum atomic E-state index is 13.4. The van der Waals surface area contributed by atoms with Crippen LogP contribution in [0.1, 0.15) is 36.0 Å². The van der Waals surface area contributed by atoms with E-state index in [2.05, 4.69) is 4.90 Å². The molecule has 6 heteroatoms. The van der Waals surface area contributed by atoms with Gasteiger partial charge in [0.15, 0.2) is 0 Å². The highest BCUT2D eigenvalue weighted by molar-refractivity contribution is 5.97. The van der Waals surface area contributed by atoms with Crippen LogP contribution in [0.25, 0.3) is 11.1 Å². The second-order valence-corrected chi connectivity index (χ2v) is 9.79. The Morgan fingerprint density at radius 3 is 2.08 bits per heavy atom. The molecule has 0 atom stereocenters. The van der Waals surface area contributed by atoms with E-state index < -0.39 is 11.4 Å². The van der Waals surface area contributed by atoms with Gasteiger partial charge in [-0.3, -0.25) is 14.5 Å². The number of halogens is 1. The fourth-order valence-corrected chi connectivity index (χ4v) is 5.81. The second kappa shape index (κ2) is 10.2. The average Bonchev–Trinajstić information content (AvgIpc) is 3.18. The number of fused-ring (bicyclic) bond motifs is 3. The van der Waals surface area contributed by atoms with Gasteiger partial charge in [-0.15, -0.1) is 0 Å². The predicted octanol–water partition coefficient (Wildman–Crippen LogP) is 4.73. The van der Waals surface area contributed by atoms with Gasteiger partial charge < -0.3 is 10.0 Å². The summed E-state index contributed by atoms with van der Waals surface area (Å²) in [5.41, 5.74) is 3.53. The van der Waals surface area contributed by atoms with Gasteiger partial charge in [0.1, 0.15) is 11.2 Å². The fourth-order valence-electron chi connectivity index (χ4n) is 5.81. The minimum Gasteiger partial charge on any atom is -0.480 e. The van der Waals surface area contributed by atoms with Crippen LogP contribution in [0.3, 0.4) is 0 Å². The summed E-state index contributed by atoms with van der Waals surface area (Å²) in [4.78, 5) is 29.5. The molecule has 2 aliphatic rings. The molecule has 1 saturated heterocycles. The maximum absolute atomic E-state index is 13.4. The Bertz CT molecular complexity index is 1220. The molecule has 1 heterocycles. The first-order valence-electron chi connectivity index (χ1n) is 12.7. The molecule has 1 fully saturated rings. The van der Waals surface area contributed by atoms with Crippen LogP contribution in [0.4, 0.5) is 4.39 Å². The highest BCUT2D eigenvalue weighted by atomic mass is 19.1. The molecule has 1 N–H and O–H groups in total. The first-order valence-corrected chi connectivity index (χ1v) is 12.7. The third-order valence-corrected chi connectivity index (χ3v) is 7.67. The van der Waals surface area contributed by atoms with E-state index in [1.54, 1.807) is 12.1 Å². The summed E-state index contributed by atoms with van der Waals surface area (Å²) in [6.45, 7) is 3.79. The lowest BCUT2D eigenvalue weighted by Gasteiger charge is -2.35. The molecule has 1 aliphatic carbocycles. The Hall–Kier alpha value is -3.51. The maximum Gasteiger partial charge on any atom is 0.318 e. The van der Waals surface area contributed by atoms with Crippen LogP contribution in [0, 0.1) is 5.82 Å². The summed E-state index contributed by atoms with van der Waals surface area (Å²) in [5, 5.41) is 10.4. The Labute approximate surface area is 211 Å². The lowest BCUT2D eigenvalue weighted by molar-refractivity contribution is -0.142. The van der Waals surface area contributed by atoms with Gasteiger partial charge in [-0.05, 0) is 59.3 Å². The molecule has 5 rings (SSSR count). The summed E-state index contributed by atoms with van der Waals surface area (Å²) in [7, 11) is 0. The number of carboxylic acid groups (broad SMARTS) is 1. The Kier molecular flexibility index (Phi) is 6.88. The number of aliphatic carboxylic acids is 1. The first kappa shape index (κ1) is 24.2. The number of hydrogen-bond donors (Lipinski definition) is 1. The van der Waals surface area contributed by atoms with Crippen molar-refractivity contribution in [3.8, 4) is 11.1 Å². The Morgan fingerprint density at radius 1 is 0.833 bits per heavy atom. The van der Waals surface area contributed by atoms with Crippen LogP contribution in [0.2, 0.25) is 0 Å². The van der Waals surface area contributed by atoms with Crippen molar-refractivity contribution in [1.82, 2.24) is 9.80 Å². The van der Waals surface area contributed by atoms with Crippen molar-refractivity contribution in [2.75, 3.05) is 32.7 Å². The van der Waals surface area contributed by atoms with E-state index in [1.807, 2.05) is 53.4 Å². The van der Waals surface area contributed by atoms with Gasteiger partial charge in [-0.25, -0.2) is 4.39 Å². The van der Waals surface area contributed by atoms with Gasteiger partial charge in [0.2, 0.25) is 5.91 Å². The van der Waals surface area contributed by atoms with E-state index in [1.165, 1.54) is 12.1 Å². The second-order valence-electron chi connectivity index (χ2n) is 9.79. The summed E-state index contributed by atoms with van der Waals surface area (Å²) in [6, 6.07) is 22.0. The third kappa shape index (κ3) is 4.53. The topological polar surface area (TPSA) is 60.9 Å². The molecule has 0 spiro atoms. The van der Waals surface area contributed by atoms with E-state index in [4.69, 9.17) is 0 Å². The quantitative estimate of drug-likeness (QED) is 0.468. The van der Waals surface area contributed by atoms with E-state index in [-0.39, 0.29) is 18.1 Å². The van der Waals surface area contributed by atoms with Crippen LogP contribution in [-0.2, 0) is 21.4 Å². The zero-order valence-electron chi connectivity index (χ0n) is 20.3. The van der Waals surface area contributed by atoms with Gasteiger partial charge in [0.05, 0.1) is 6.42 Å². The zero-order chi connectivity index (χ0) is 25.1. The number of benzene rings is 3. The molecule has 3 aromatic carbocycles. The molecule has 0 radical (unpaired) electrons. The van der Waals surface area contributed by atoms with Gasteiger partial charge >= 0.3 is 5.97 Å². The normalized spacial score (nSPS) is 16.4. The van der Waals surface area contributed by atoms with Crippen molar-refractivity contribution in [3.05, 3.63) is 95.3 Å². The number of nitrogens with zero attached hydrogens (tertiary/aromatic N) is 2. The number of unbranched alkanes of at least 4 members (excludes halogenated alkanes) is 1. The highest BCUT2D eigenvalue weighted by Crippen LogP contribution is 2.51. The van der Waals surface area contributed by atoms with Crippen LogP contribution < -0.4 is 0 Å². The van der Waals surface area contributed by atoms with Crippen molar-refractivity contribution in [2.45, 2.75) is 31.1 Å². The minimum absolute atomic E-state index is 0.0298. The summed E-state index contributed by atoms with van der Waals surface area (Å²) in [6.07, 6.45) is 2.48. The smallest absolute Gasteiger partial charge is 0.318 e. The third-order valence-electron chi connectivity index (χ3n) is 7.67. The van der Waals surface area contributed by atoms with E-state index in [0.29, 0.717) is 25.1 Å². The minimum atomic E-state index is -1.00. The number of amides is 1. The molecule has 0 bridgehead atoms. The Balaban J connectivity index is 1.15. The van der Waals surface area contributed by atoms with Gasteiger partial charge in [-0.1, -0.05) is 67.1 Å². The summed E-state index contributed by atoms with van der Waals surface area (Å²) in [5.74, 6) is -1.08. The predicted molar refractivity (Wildman–Crippen MR) is 137 cm³/mol. The van der Waals surface area contributed by atoms with E-state index in [9.17, 15) is 19.1 Å². The molecular weight excluding hydrogens is 455 g/mol. The van der Waals surface area contributed by atoms with Gasteiger partial charge in [0.25, 0.3) is 0 Å². The van der Waals surface area contributed by atoms with Crippen molar-refractivity contribution in [2.24, 2.45) is 0 Å².